The van der Waals surface area contributed by atoms with E-state index in [1.807, 2.05) is 0 Å². The fraction of sp³-hybridized carbons (Fsp3) is 0.0833. The van der Waals surface area contributed by atoms with Crippen molar-refractivity contribution in [3.63, 3.8) is 0 Å². The number of hydrogen-bond acceptors (Lipinski definition) is 8. The highest BCUT2D eigenvalue weighted by molar-refractivity contribution is 7.92. The van der Waals surface area contributed by atoms with Crippen LogP contribution in [0.1, 0.15) is 10.4 Å². The minimum atomic E-state index is -3.91. The number of ether oxygens (including phenoxy) is 1. The third kappa shape index (κ3) is 4.54. The second-order valence-corrected chi connectivity index (χ2v) is 9.86. The zero-order valence-corrected chi connectivity index (χ0v) is 20.4. The molecule has 5 rings (SSSR count). The van der Waals surface area contributed by atoms with Crippen LogP contribution < -0.4 is 20.1 Å². The van der Waals surface area contributed by atoms with Gasteiger partial charge in [0.1, 0.15) is 0 Å². The molecule has 0 radical (unpaired) electrons. The van der Waals surface area contributed by atoms with Crippen molar-refractivity contribution in [3.05, 3.63) is 82.8 Å². The number of anilines is 4. The van der Waals surface area contributed by atoms with E-state index in [4.69, 9.17) is 4.74 Å². The summed E-state index contributed by atoms with van der Waals surface area (Å²) in [5.74, 6) is -0.270. The number of nitrogens with zero attached hydrogens (tertiary/aromatic N) is 3. The number of amides is 1. The molecule has 0 atom stereocenters. The van der Waals surface area contributed by atoms with Gasteiger partial charge in [-0.1, -0.05) is 6.07 Å². The van der Waals surface area contributed by atoms with Gasteiger partial charge in [0.25, 0.3) is 15.9 Å². The lowest BCUT2D eigenvalue weighted by atomic mass is 10.0. The number of carbonyl (C=O) groups excluding carboxylic acids is 1. The van der Waals surface area contributed by atoms with Crippen molar-refractivity contribution in [1.82, 2.24) is 9.55 Å². The van der Waals surface area contributed by atoms with Crippen molar-refractivity contribution in [2.24, 2.45) is 7.05 Å². The van der Waals surface area contributed by atoms with Crippen LogP contribution in [0.2, 0.25) is 0 Å². The summed E-state index contributed by atoms with van der Waals surface area (Å²) in [6, 6.07) is 14.4. The predicted octanol–water partition coefficient (Wildman–Crippen LogP) is 4.11. The van der Waals surface area contributed by atoms with Crippen molar-refractivity contribution < 1.29 is 22.9 Å². The minimum absolute atomic E-state index is 0.120. The molecule has 3 aromatic carbocycles. The Labute approximate surface area is 211 Å². The van der Waals surface area contributed by atoms with Crippen LogP contribution in [0.3, 0.4) is 0 Å². The number of nitro benzene ring substituents is 1. The summed E-state index contributed by atoms with van der Waals surface area (Å²) in [5, 5.41) is 17.1. The highest BCUT2D eigenvalue weighted by Crippen LogP contribution is 2.38. The third-order valence-corrected chi connectivity index (χ3v) is 6.99. The van der Waals surface area contributed by atoms with Crippen LogP contribution in [0.15, 0.2) is 72.1 Å². The molecule has 2 heterocycles. The van der Waals surface area contributed by atoms with Crippen LogP contribution >= 0.6 is 0 Å². The molecule has 0 spiro atoms. The van der Waals surface area contributed by atoms with Gasteiger partial charge in [-0.3, -0.25) is 19.6 Å². The van der Waals surface area contributed by atoms with E-state index in [0.717, 1.165) is 0 Å². The number of aromatic nitrogens is 2. The first kappa shape index (κ1) is 23.8. The van der Waals surface area contributed by atoms with Gasteiger partial charge in [0, 0.05) is 19.3 Å². The highest BCUT2D eigenvalue weighted by atomic mass is 32.2. The number of nitro groups is 1. The number of sulfonamides is 1. The van der Waals surface area contributed by atoms with E-state index in [1.54, 1.807) is 49.5 Å². The van der Waals surface area contributed by atoms with E-state index in [-0.39, 0.29) is 28.1 Å². The van der Waals surface area contributed by atoms with Crippen LogP contribution in [0.5, 0.6) is 5.75 Å². The first-order valence-electron chi connectivity index (χ1n) is 10.8. The van der Waals surface area contributed by atoms with E-state index in [0.29, 0.717) is 33.8 Å². The minimum Gasteiger partial charge on any atom is -0.490 e. The van der Waals surface area contributed by atoms with Crippen molar-refractivity contribution in [3.8, 4) is 16.9 Å². The van der Waals surface area contributed by atoms with Crippen LogP contribution in [0, 0.1) is 10.1 Å². The van der Waals surface area contributed by atoms with Crippen LogP contribution in [0.4, 0.5) is 28.4 Å². The number of imidazole rings is 1. The first-order valence-corrected chi connectivity index (χ1v) is 12.3. The third-order valence-electron chi connectivity index (χ3n) is 5.72. The van der Waals surface area contributed by atoms with Gasteiger partial charge in [0.15, 0.2) is 10.8 Å². The molecule has 0 bridgehead atoms. The monoisotopic (exact) mass is 520 g/mol. The first-order chi connectivity index (χ1) is 17.6. The number of aryl methyl sites for hydroxylation is 1. The predicted molar refractivity (Wildman–Crippen MR) is 137 cm³/mol. The van der Waals surface area contributed by atoms with Crippen molar-refractivity contribution in [2.75, 3.05) is 22.5 Å². The summed E-state index contributed by atoms with van der Waals surface area (Å²) >= 11 is 0. The van der Waals surface area contributed by atoms with Gasteiger partial charge in [-0.05, 0) is 53.6 Å². The molecule has 1 aliphatic rings. The van der Waals surface area contributed by atoms with Crippen LogP contribution in [-0.2, 0) is 17.1 Å². The van der Waals surface area contributed by atoms with E-state index in [1.165, 1.54) is 36.3 Å². The molecule has 12 nitrogen and oxygen atoms in total. The lowest BCUT2D eigenvalue weighted by Crippen LogP contribution is -2.14. The molecule has 0 saturated carbocycles. The fourth-order valence-corrected chi connectivity index (χ4v) is 4.96. The van der Waals surface area contributed by atoms with Gasteiger partial charge < -0.3 is 19.9 Å². The van der Waals surface area contributed by atoms with Gasteiger partial charge in [0.2, 0.25) is 0 Å². The van der Waals surface area contributed by atoms with Crippen molar-refractivity contribution >= 4 is 44.4 Å². The normalized spacial score (nSPS) is 12.4. The average Bonchev–Trinajstić information content (AvgIpc) is 3.26. The number of rotatable bonds is 6. The largest absolute Gasteiger partial charge is 0.490 e. The molecule has 13 heteroatoms. The number of benzene rings is 3. The highest BCUT2D eigenvalue weighted by Gasteiger charge is 2.23. The Kier molecular flexibility index (Phi) is 5.76. The Morgan fingerprint density at radius 2 is 1.76 bits per heavy atom. The van der Waals surface area contributed by atoms with E-state index in [9.17, 15) is 23.3 Å². The SMILES string of the molecule is COc1cc(-c2ccc3c(c2)Nc2ccc(NS(=O)(=O)c4cn(C)cn4)cc2NC3=O)ccc1[N+](=O)[O-]. The smallest absolute Gasteiger partial charge is 0.310 e. The van der Waals surface area contributed by atoms with Gasteiger partial charge >= 0.3 is 5.69 Å². The Bertz CT molecular complexity index is 1680. The molecule has 188 valence electrons. The van der Waals surface area contributed by atoms with Crippen molar-refractivity contribution in [1.29, 1.82) is 0 Å². The molecule has 37 heavy (non-hydrogen) atoms. The second kappa shape index (κ2) is 8.95. The lowest BCUT2D eigenvalue weighted by molar-refractivity contribution is -0.385. The standard InChI is InChI=1S/C24H20N6O6S/c1-29-12-23(25-13-29)37(34,35)28-16-5-7-18-20(11-16)27-24(31)17-6-3-14(9-19(17)26-18)15-4-8-21(30(32)33)22(10-15)36-2/h3-13,26,28H,1-2H3,(H,27,31). The molecular weight excluding hydrogens is 500 g/mol. The summed E-state index contributed by atoms with van der Waals surface area (Å²) in [6.45, 7) is 0. The van der Waals surface area contributed by atoms with E-state index < -0.39 is 14.9 Å². The average molecular weight is 521 g/mol. The molecule has 0 unspecified atom stereocenters. The maximum Gasteiger partial charge on any atom is 0.310 e. The number of nitrogens with one attached hydrogen (secondary N) is 3. The molecule has 1 amide bonds. The molecule has 1 aromatic heterocycles. The number of fused-ring (bicyclic) bond motifs is 2. The summed E-state index contributed by atoms with van der Waals surface area (Å²) in [5.41, 5.74) is 3.26. The van der Waals surface area contributed by atoms with Gasteiger partial charge in [-0.2, -0.15) is 8.42 Å². The maximum absolute atomic E-state index is 13.0. The Morgan fingerprint density at radius 3 is 2.46 bits per heavy atom. The Morgan fingerprint density at radius 1 is 1.00 bits per heavy atom. The van der Waals surface area contributed by atoms with Gasteiger partial charge in [-0.25, -0.2) is 4.98 Å². The summed E-state index contributed by atoms with van der Waals surface area (Å²) in [4.78, 5) is 27.5. The van der Waals surface area contributed by atoms with Gasteiger partial charge in [0.05, 0.1) is 46.7 Å². The fourth-order valence-electron chi connectivity index (χ4n) is 3.92. The zero-order chi connectivity index (χ0) is 26.3. The summed E-state index contributed by atoms with van der Waals surface area (Å²) in [7, 11) is -0.892. The summed E-state index contributed by atoms with van der Waals surface area (Å²) in [6.07, 6.45) is 2.76. The molecule has 0 aliphatic carbocycles. The maximum atomic E-state index is 13.0. The second-order valence-electron chi connectivity index (χ2n) is 8.23. The number of methoxy groups -OCH3 is 1. The Hall–Kier alpha value is -4.91. The summed E-state index contributed by atoms with van der Waals surface area (Å²) < 4.78 is 34.4. The molecular formula is C24H20N6O6S. The van der Waals surface area contributed by atoms with E-state index in [2.05, 4.69) is 20.3 Å². The topological polar surface area (TPSA) is 157 Å². The molecule has 4 aromatic rings. The number of carbonyl (C=O) groups is 1. The number of hydrogen-bond donors (Lipinski definition) is 3. The van der Waals surface area contributed by atoms with Crippen molar-refractivity contribution in [2.45, 2.75) is 5.03 Å². The molecule has 0 saturated heterocycles. The molecule has 3 N–H and O–H groups in total. The Balaban J connectivity index is 1.46. The quantitative estimate of drug-likeness (QED) is 0.253. The van der Waals surface area contributed by atoms with E-state index >= 15 is 0 Å². The molecule has 0 fully saturated rings. The molecule has 1 aliphatic heterocycles. The lowest BCUT2D eigenvalue weighted by Gasteiger charge is -2.12. The van der Waals surface area contributed by atoms with Gasteiger partial charge in [-0.15, -0.1) is 0 Å². The van der Waals surface area contributed by atoms with Crippen LogP contribution in [0.25, 0.3) is 11.1 Å². The van der Waals surface area contributed by atoms with Crippen LogP contribution in [-0.4, -0.2) is 35.9 Å². The zero-order valence-electron chi connectivity index (χ0n) is 19.6.